The second-order valence-electron chi connectivity index (χ2n) is 5.74. The molecule has 0 bridgehead atoms. The lowest BCUT2D eigenvalue weighted by molar-refractivity contribution is 0.552. The van der Waals surface area contributed by atoms with Gasteiger partial charge in [-0.2, -0.15) is 0 Å². The maximum Gasteiger partial charge on any atom is 0.0910 e. The van der Waals surface area contributed by atoms with E-state index >= 15 is 0 Å². The van der Waals surface area contributed by atoms with Gasteiger partial charge in [0.15, 0.2) is 0 Å². The Morgan fingerprint density at radius 3 is 2.41 bits per heavy atom. The largest absolute Gasteiger partial charge is 0.366 e. The Morgan fingerprint density at radius 1 is 1.09 bits per heavy atom. The van der Waals surface area contributed by atoms with Crippen molar-refractivity contribution in [3.05, 3.63) is 63.7 Å². The number of benzene rings is 2. The van der Waals surface area contributed by atoms with E-state index < -0.39 is 0 Å². The van der Waals surface area contributed by atoms with Crippen LogP contribution in [0.5, 0.6) is 0 Å². The Kier molecular flexibility index (Phi) is 5.62. The van der Waals surface area contributed by atoms with E-state index in [1.807, 2.05) is 24.4 Å². The molecule has 0 atom stereocenters. The van der Waals surface area contributed by atoms with E-state index in [9.17, 15) is 0 Å². The fourth-order valence-electron chi connectivity index (χ4n) is 2.21. The highest BCUT2D eigenvalue weighted by atomic mass is 35.5. The first-order valence-corrected chi connectivity index (χ1v) is 7.96. The SMILES string of the molecule is CCN(C)C=Nc1cc(C)cc(Cc2ccc(C)cc2)c1Cl. The average Bonchev–Trinajstić information content (AvgIpc) is 2.50. The first-order valence-electron chi connectivity index (χ1n) is 7.58. The van der Waals surface area contributed by atoms with Gasteiger partial charge >= 0.3 is 0 Å². The average molecular weight is 315 g/mol. The number of aliphatic imine (C=N–C) groups is 1. The van der Waals surface area contributed by atoms with Gasteiger partial charge in [-0.05, 0) is 49.9 Å². The lowest BCUT2D eigenvalue weighted by Gasteiger charge is -2.11. The van der Waals surface area contributed by atoms with Crippen LogP contribution in [0, 0.1) is 13.8 Å². The topological polar surface area (TPSA) is 15.6 Å². The van der Waals surface area contributed by atoms with Gasteiger partial charge < -0.3 is 4.90 Å². The lowest BCUT2D eigenvalue weighted by Crippen LogP contribution is -2.14. The smallest absolute Gasteiger partial charge is 0.0910 e. The first-order chi connectivity index (χ1) is 10.5. The number of rotatable bonds is 5. The predicted molar refractivity (Wildman–Crippen MR) is 96.6 cm³/mol. The van der Waals surface area contributed by atoms with Crippen LogP contribution in [0.1, 0.15) is 29.2 Å². The summed E-state index contributed by atoms with van der Waals surface area (Å²) in [6, 6.07) is 12.7. The van der Waals surface area contributed by atoms with E-state index in [0.717, 1.165) is 29.2 Å². The maximum atomic E-state index is 6.56. The van der Waals surface area contributed by atoms with Crippen LogP contribution < -0.4 is 0 Å². The molecule has 2 aromatic carbocycles. The van der Waals surface area contributed by atoms with Crippen LogP contribution in [0.2, 0.25) is 5.02 Å². The van der Waals surface area contributed by atoms with E-state index in [-0.39, 0.29) is 0 Å². The molecule has 0 amide bonds. The lowest BCUT2D eigenvalue weighted by atomic mass is 10.0. The Bertz CT molecular complexity index is 660. The molecule has 116 valence electrons. The highest BCUT2D eigenvalue weighted by Gasteiger charge is 2.08. The minimum absolute atomic E-state index is 0.743. The van der Waals surface area contributed by atoms with Crippen molar-refractivity contribution < 1.29 is 0 Å². The fraction of sp³-hybridized carbons (Fsp3) is 0.316. The Morgan fingerprint density at radius 2 is 1.77 bits per heavy atom. The van der Waals surface area contributed by atoms with Gasteiger partial charge in [0, 0.05) is 13.6 Å². The van der Waals surface area contributed by atoms with Crippen molar-refractivity contribution in [2.45, 2.75) is 27.2 Å². The van der Waals surface area contributed by atoms with Crippen molar-refractivity contribution in [3.63, 3.8) is 0 Å². The summed E-state index contributed by atoms with van der Waals surface area (Å²) in [4.78, 5) is 6.55. The summed E-state index contributed by atoms with van der Waals surface area (Å²) < 4.78 is 0. The van der Waals surface area contributed by atoms with Crippen molar-refractivity contribution in [1.82, 2.24) is 4.90 Å². The summed E-state index contributed by atoms with van der Waals surface area (Å²) in [7, 11) is 2.00. The van der Waals surface area contributed by atoms with Crippen LogP contribution >= 0.6 is 11.6 Å². The monoisotopic (exact) mass is 314 g/mol. The third kappa shape index (κ3) is 4.35. The van der Waals surface area contributed by atoms with E-state index in [1.54, 1.807) is 0 Å². The molecule has 0 N–H and O–H groups in total. The summed E-state index contributed by atoms with van der Waals surface area (Å²) in [6.45, 7) is 7.19. The summed E-state index contributed by atoms with van der Waals surface area (Å²) in [5, 5.41) is 0.743. The van der Waals surface area contributed by atoms with Gasteiger partial charge in [0.2, 0.25) is 0 Å². The minimum atomic E-state index is 0.743. The summed E-state index contributed by atoms with van der Waals surface area (Å²) in [5.41, 5.74) is 5.67. The van der Waals surface area contributed by atoms with Gasteiger partial charge in [-0.25, -0.2) is 4.99 Å². The van der Waals surface area contributed by atoms with Gasteiger partial charge in [-0.1, -0.05) is 47.5 Å². The van der Waals surface area contributed by atoms with Crippen LogP contribution in [-0.2, 0) is 6.42 Å². The van der Waals surface area contributed by atoms with E-state index in [1.165, 1.54) is 16.7 Å². The van der Waals surface area contributed by atoms with Crippen molar-refractivity contribution in [2.75, 3.05) is 13.6 Å². The number of halogens is 1. The van der Waals surface area contributed by atoms with Crippen LogP contribution in [0.4, 0.5) is 5.69 Å². The molecule has 3 heteroatoms. The van der Waals surface area contributed by atoms with Crippen LogP contribution in [0.25, 0.3) is 0 Å². The maximum absolute atomic E-state index is 6.56. The zero-order valence-corrected chi connectivity index (χ0v) is 14.5. The Hall–Kier alpha value is -1.80. The van der Waals surface area contributed by atoms with Gasteiger partial charge in [0.05, 0.1) is 17.0 Å². The van der Waals surface area contributed by atoms with Gasteiger partial charge in [-0.3, -0.25) is 0 Å². The summed E-state index contributed by atoms with van der Waals surface area (Å²) in [6.07, 6.45) is 2.66. The normalized spacial score (nSPS) is 11.1. The molecule has 0 aliphatic carbocycles. The van der Waals surface area contributed by atoms with Crippen molar-refractivity contribution in [3.8, 4) is 0 Å². The van der Waals surface area contributed by atoms with Crippen molar-refractivity contribution in [2.24, 2.45) is 4.99 Å². The number of aryl methyl sites for hydroxylation is 2. The molecule has 0 fully saturated rings. The number of nitrogens with zero attached hydrogens (tertiary/aromatic N) is 2. The molecule has 0 saturated carbocycles. The molecule has 0 unspecified atom stereocenters. The summed E-state index contributed by atoms with van der Waals surface area (Å²) >= 11 is 6.56. The molecule has 2 aromatic rings. The third-order valence-corrected chi connectivity index (χ3v) is 4.12. The van der Waals surface area contributed by atoms with E-state index in [2.05, 4.69) is 56.1 Å². The number of hydrogen-bond acceptors (Lipinski definition) is 1. The molecule has 2 rings (SSSR count). The second-order valence-corrected chi connectivity index (χ2v) is 6.12. The highest BCUT2D eigenvalue weighted by Crippen LogP contribution is 2.31. The standard InChI is InChI=1S/C19H23ClN2/c1-5-22(4)13-21-18-11-15(3)10-17(19(18)20)12-16-8-6-14(2)7-9-16/h6-11,13H,5,12H2,1-4H3. The van der Waals surface area contributed by atoms with Crippen molar-refractivity contribution >= 4 is 23.6 Å². The predicted octanol–water partition coefficient (Wildman–Crippen LogP) is 5.16. The second kappa shape index (κ2) is 7.46. The molecule has 2 nitrogen and oxygen atoms in total. The molecule has 22 heavy (non-hydrogen) atoms. The van der Waals surface area contributed by atoms with Crippen molar-refractivity contribution in [1.29, 1.82) is 0 Å². The van der Waals surface area contributed by atoms with Gasteiger partial charge in [-0.15, -0.1) is 0 Å². The Balaban J connectivity index is 2.30. The van der Waals surface area contributed by atoms with E-state index in [4.69, 9.17) is 11.6 Å². The molecule has 0 spiro atoms. The molecule has 0 aliphatic rings. The first kappa shape index (κ1) is 16.6. The zero-order valence-electron chi connectivity index (χ0n) is 13.7. The molecular formula is C19H23ClN2. The molecule has 0 heterocycles. The molecule has 0 aromatic heterocycles. The third-order valence-electron chi connectivity index (χ3n) is 3.68. The quantitative estimate of drug-likeness (QED) is 0.550. The highest BCUT2D eigenvalue weighted by molar-refractivity contribution is 6.33. The molecule has 0 radical (unpaired) electrons. The van der Waals surface area contributed by atoms with Crippen LogP contribution in [-0.4, -0.2) is 24.8 Å². The minimum Gasteiger partial charge on any atom is -0.366 e. The molecule has 0 aliphatic heterocycles. The van der Waals surface area contributed by atoms with Gasteiger partial charge in [0.25, 0.3) is 0 Å². The molecule has 0 saturated heterocycles. The summed E-state index contributed by atoms with van der Waals surface area (Å²) in [5.74, 6) is 0. The molecular weight excluding hydrogens is 292 g/mol. The zero-order chi connectivity index (χ0) is 16.1. The fourth-order valence-corrected chi connectivity index (χ4v) is 2.44. The Labute approximate surface area is 138 Å². The van der Waals surface area contributed by atoms with Crippen LogP contribution in [0.15, 0.2) is 41.4 Å². The van der Waals surface area contributed by atoms with E-state index in [0.29, 0.717) is 0 Å². The van der Waals surface area contributed by atoms with Gasteiger partial charge in [0.1, 0.15) is 0 Å². The van der Waals surface area contributed by atoms with Crippen LogP contribution in [0.3, 0.4) is 0 Å². The number of hydrogen-bond donors (Lipinski definition) is 0.